The van der Waals surface area contributed by atoms with Gasteiger partial charge in [-0.1, -0.05) is 0 Å². The van der Waals surface area contributed by atoms with Gasteiger partial charge >= 0.3 is 12.1 Å². The minimum Gasteiger partial charge on any atom is -0.480 e. The highest BCUT2D eigenvalue weighted by atomic mass is 79.9. The van der Waals surface area contributed by atoms with Crippen molar-refractivity contribution in [3.63, 3.8) is 0 Å². The number of hydrogen-bond donors (Lipinski definition) is 2. The Hall–Kier alpha value is -2.03. The number of methoxy groups -OCH3 is 1. The molecule has 0 radical (unpaired) electrons. The Morgan fingerprint density at radius 1 is 1.42 bits per heavy atom. The molecule has 2 N–H and O–H groups in total. The maximum absolute atomic E-state index is 12.1. The Morgan fingerprint density at radius 2 is 2.08 bits per heavy atom. The number of pyridine rings is 1. The molecule has 1 aliphatic rings. The van der Waals surface area contributed by atoms with E-state index in [1.807, 2.05) is 11.8 Å². The van der Waals surface area contributed by atoms with Gasteiger partial charge in [0.25, 0.3) is 0 Å². The highest BCUT2D eigenvalue weighted by molar-refractivity contribution is 9.10. The molecule has 0 bridgehead atoms. The van der Waals surface area contributed by atoms with Crippen LogP contribution in [0.4, 0.5) is 10.5 Å². The number of hydrogen-bond acceptors (Lipinski definition) is 6. The van der Waals surface area contributed by atoms with Crippen LogP contribution in [0.25, 0.3) is 0 Å². The molecule has 0 aliphatic carbocycles. The first kappa shape index (κ1) is 20.3. The monoisotopic (exact) mass is 429 g/mol. The number of amides is 1. The van der Waals surface area contributed by atoms with Gasteiger partial charge in [-0.25, -0.2) is 14.6 Å². The van der Waals surface area contributed by atoms with Crippen LogP contribution in [-0.2, 0) is 4.74 Å². The second-order valence-corrected chi connectivity index (χ2v) is 8.30. The van der Waals surface area contributed by atoms with Crippen LogP contribution in [0.3, 0.4) is 0 Å². The summed E-state index contributed by atoms with van der Waals surface area (Å²) in [5.41, 5.74) is -0.580. The van der Waals surface area contributed by atoms with Crippen molar-refractivity contribution in [2.24, 2.45) is 0 Å². The number of nitrogens with one attached hydrogen (secondary N) is 1. The first-order chi connectivity index (χ1) is 12.0. The van der Waals surface area contributed by atoms with Crippen LogP contribution in [0.15, 0.2) is 10.7 Å². The summed E-state index contributed by atoms with van der Waals surface area (Å²) in [6.45, 7) is 8.31. The number of aromatic carboxylic acids is 1. The number of alkyl carbamates (subject to hydrolysis) is 1. The number of aromatic nitrogens is 1. The molecule has 1 saturated heterocycles. The summed E-state index contributed by atoms with van der Waals surface area (Å²) in [5.74, 6) is -0.775. The summed E-state index contributed by atoms with van der Waals surface area (Å²) in [7, 11) is 1.47. The van der Waals surface area contributed by atoms with E-state index in [9.17, 15) is 14.7 Å². The third-order valence-corrected chi connectivity index (χ3v) is 4.69. The lowest BCUT2D eigenvalue weighted by Crippen LogP contribution is -2.49. The van der Waals surface area contributed by atoms with Gasteiger partial charge in [0.05, 0.1) is 18.3 Å². The molecule has 144 valence electrons. The number of rotatable bonds is 4. The molecule has 8 nitrogen and oxygen atoms in total. The summed E-state index contributed by atoms with van der Waals surface area (Å²) in [6.07, 6.45) is 1.42. The van der Waals surface area contributed by atoms with Crippen molar-refractivity contribution in [3.05, 3.63) is 16.2 Å². The summed E-state index contributed by atoms with van der Waals surface area (Å²) in [4.78, 5) is 29.6. The lowest BCUT2D eigenvalue weighted by molar-refractivity contribution is 0.0472. The number of carboxylic acids is 1. The summed E-state index contributed by atoms with van der Waals surface area (Å²) in [5, 5.41) is 12.4. The minimum atomic E-state index is -1.08. The minimum absolute atomic E-state index is 0.0687. The van der Waals surface area contributed by atoms with Crippen LogP contribution in [-0.4, -0.2) is 53.5 Å². The van der Waals surface area contributed by atoms with E-state index in [-0.39, 0.29) is 5.56 Å². The Labute approximate surface area is 161 Å². The number of carboxylic acid groups (broad SMARTS) is 1. The lowest BCUT2D eigenvalue weighted by atomic mass is 10.0. The molecule has 9 heteroatoms. The first-order valence-corrected chi connectivity index (χ1v) is 8.97. The van der Waals surface area contributed by atoms with E-state index in [4.69, 9.17) is 9.47 Å². The maximum atomic E-state index is 12.1. The second-order valence-electron chi connectivity index (χ2n) is 7.51. The van der Waals surface area contributed by atoms with Crippen LogP contribution >= 0.6 is 15.9 Å². The summed E-state index contributed by atoms with van der Waals surface area (Å²) < 4.78 is 11.0. The van der Waals surface area contributed by atoms with Crippen LogP contribution in [0, 0.1) is 0 Å². The predicted molar refractivity (Wildman–Crippen MR) is 100 cm³/mol. The quantitative estimate of drug-likeness (QED) is 0.757. The third kappa shape index (κ3) is 4.57. The van der Waals surface area contributed by atoms with E-state index >= 15 is 0 Å². The molecule has 1 aromatic heterocycles. The van der Waals surface area contributed by atoms with Crippen molar-refractivity contribution >= 4 is 33.7 Å². The average molecular weight is 430 g/mol. The van der Waals surface area contributed by atoms with Crippen LogP contribution < -0.4 is 15.0 Å². The highest BCUT2D eigenvalue weighted by Crippen LogP contribution is 2.39. The number of halogens is 1. The fourth-order valence-electron chi connectivity index (χ4n) is 2.87. The number of carbonyl (C=O) groups excluding carboxylic acids is 1. The zero-order chi connectivity index (χ0) is 19.7. The molecular weight excluding hydrogens is 406 g/mol. The molecule has 0 aromatic carbocycles. The molecule has 2 rings (SSSR count). The second kappa shape index (κ2) is 7.30. The van der Waals surface area contributed by atoms with Crippen LogP contribution in [0.2, 0.25) is 0 Å². The number of nitrogens with zero attached hydrogens (tertiary/aromatic N) is 2. The SMILES string of the molecule is COc1ncc(C(=O)O)c(N2CC[C@](C)(NC(=O)OC(C)(C)C)C2)c1Br. The Balaban J connectivity index is 2.25. The fourth-order valence-corrected chi connectivity index (χ4v) is 3.60. The van der Waals surface area contributed by atoms with Gasteiger partial charge in [-0.3, -0.25) is 0 Å². The van der Waals surface area contributed by atoms with Gasteiger partial charge in [0.15, 0.2) is 0 Å². The molecule has 26 heavy (non-hydrogen) atoms. The van der Waals surface area contributed by atoms with E-state index in [0.717, 1.165) is 0 Å². The number of carbonyl (C=O) groups is 2. The molecule has 0 saturated carbocycles. The van der Waals surface area contributed by atoms with Crippen LogP contribution in [0.5, 0.6) is 5.88 Å². The molecule has 1 fully saturated rings. The van der Waals surface area contributed by atoms with Crippen molar-refractivity contribution in [2.75, 3.05) is 25.1 Å². The zero-order valence-corrected chi connectivity index (χ0v) is 17.1. The smallest absolute Gasteiger partial charge is 0.408 e. The van der Waals surface area contributed by atoms with Crippen molar-refractivity contribution < 1.29 is 24.2 Å². The number of anilines is 1. The van der Waals surface area contributed by atoms with E-state index in [1.165, 1.54) is 13.3 Å². The fraction of sp³-hybridized carbons (Fsp3) is 0.588. The average Bonchev–Trinajstić information content (AvgIpc) is 2.85. The van der Waals surface area contributed by atoms with Gasteiger partial charge in [0.2, 0.25) is 5.88 Å². The molecule has 0 unspecified atom stereocenters. The summed E-state index contributed by atoms with van der Waals surface area (Å²) >= 11 is 3.39. The zero-order valence-electron chi connectivity index (χ0n) is 15.6. The molecule has 1 amide bonds. The molecular formula is C17H24BrN3O5. The van der Waals surface area contributed by atoms with E-state index < -0.39 is 23.2 Å². The Morgan fingerprint density at radius 3 is 2.62 bits per heavy atom. The topological polar surface area (TPSA) is 101 Å². The van der Waals surface area contributed by atoms with Gasteiger partial charge in [-0.05, 0) is 50.0 Å². The van der Waals surface area contributed by atoms with E-state index in [2.05, 4.69) is 26.2 Å². The lowest BCUT2D eigenvalue weighted by Gasteiger charge is -2.29. The van der Waals surface area contributed by atoms with E-state index in [1.54, 1.807) is 20.8 Å². The van der Waals surface area contributed by atoms with Gasteiger partial charge in [-0.15, -0.1) is 0 Å². The Bertz CT molecular complexity index is 719. The molecule has 0 spiro atoms. The predicted octanol–water partition coefficient (Wildman–Crippen LogP) is 3.04. The van der Waals surface area contributed by atoms with Crippen molar-refractivity contribution in [1.82, 2.24) is 10.3 Å². The first-order valence-electron chi connectivity index (χ1n) is 8.18. The van der Waals surface area contributed by atoms with Gasteiger partial charge < -0.3 is 24.8 Å². The van der Waals surface area contributed by atoms with Gasteiger partial charge in [0.1, 0.15) is 15.6 Å². The van der Waals surface area contributed by atoms with Gasteiger partial charge in [0, 0.05) is 19.3 Å². The molecule has 1 aromatic rings. The van der Waals surface area contributed by atoms with Crippen molar-refractivity contribution in [2.45, 2.75) is 45.3 Å². The standard InChI is InChI=1S/C17H24BrN3O5/c1-16(2,3)26-15(24)20-17(4)6-7-21(9-17)12-10(14(22)23)8-19-13(25-5)11(12)18/h8H,6-7,9H2,1-5H3,(H,20,24)(H,22,23)/t17-/m0/s1. The molecule has 1 aliphatic heterocycles. The molecule has 1 atom stereocenters. The third-order valence-electron chi connectivity index (χ3n) is 3.98. The van der Waals surface area contributed by atoms with Crippen molar-refractivity contribution in [3.8, 4) is 5.88 Å². The normalized spacial score (nSPS) is 20.0. The van der Waals surface area contributed by atoms with Crippen LogP contribution in [0.1, 0.15) is 44.5 Å². The van der Waals surface area contributed by atoms with Gasteiger partial charge in [-0.2, -0.15) is 0 Å². The largest absolute Gasteiger partial charge is 0.480 e. The van der Waals surface area contributed by atoms with E-state index in [0.29, 0.717) is 35.6 Å². The number of ether oxygens (including phenoxy) is 2. The highest BCUT2D eigenvalue weighted by Gasteiger charge is 2.38. The summed E-state index contributed by atoms with van der Waals surface area (Å²) in [6, 6.07) is 0. The molecule has 2 heterocycles. The Kier molecular flexibility index (Phi) is 5.70. The van der Waals surface area contributed by atoms with Crippen molar-refractivity contribution in [1.29, 1.82) is 0 Å². The maximum Gasteiger partial charge on any atom is 0.408 e.